The molecule has 2 saturated carbocycles. The molecule has 0 N–H and O–H groups in total. The van der Waals surface area contributed by atoms with Crippen molar-refractivity contribution in [3.8, 4) is 11.1 Å². The Kier molecular flexibility index (Phi) is 7.51. The van der Waals surface area contributed by atoms with Crippen molar-refractivity contribution < 1.29 is 0 Å². The zero-order valence-corrected chi connectivity index (χ0v) is 32.8. The van der Waals surface area contributed by atoms with Crippen molar-refractivity contribution >= 4 is 51.5 Å². The van der Waals surface area contributed by atoms with Gasteiger partial charge in [-0.2, -0.15) is 0 Å². The minimum atomic E-state index is 0.0361. The van der Waals surface area contributed by atoms with Crippen LogP contribution in [0, 0.1) is 11.8 Å². The molecule has 4 aliphatic rings. The quantitative estimate of drug-likeness (QED) is 0.171. The van der Waals surface area contributed by atoms with Gasteiger partial charge in [-0.1, -0.05) is 135 Å². The third kappa shape index (κ3) is 5.36. The second-order valence-corrected chi connectivity index (χ2v) is 19.5. The van der Waals surface area contributed by atoms with E-state index in [2.05, 4.69) is 175 Å². The number of hydrogen-bond acceptors (Lipinski definition) is 2. The average Bonchev–Trinajstić information content (AvgIpc) is 3.74. The molecule has 2 bridgehead atoms. The maximum atomic E-state index is 2.85. The van der Waals surface area contributed by atoms with E-state index < -0.39 is 0 Å². The van der Waals surface area contributed by atoms with Gasteiger partial charge in [0, 0.05) is 34.5 Å². The molecule has 52 heavy (non-hydrogen) atoms. The summed E-state index contributed by atoms with van der Waals surface area (Å²) in [7, 11) is 0. The number of nitrogens with zero attached hydrogens (tertiary/aromatic N) is 2. The number of anilines is 5. The molecule has 0 radical (unpaired) electrons. The summed E-state index contributed by atoms with van der Waals surface area (Å²) < 4.78 is 0. The van der Waals surface area contributed by atoms with Crippen LogP contribution in [0.3, 0.4) is 0 Å². The lowest BCUT2D eigenvalue weighted by Crippen LogP contribution is -2.63. The molecule has 2 fully saturated rings. The largest absolute Gasteiger partial charge is 0.339 e. The van der Waals surface area contributed by atoms with E-state index in [9.17, 15) is 0 Å². The van der Waals surface area contributed by atoms with Crippen LogP contribution in [0.2, 0.25) is 0 Å². The third-order valence-corrected chi connectivity index (χ3v) is 13.0. The second kappa shape index (κ2) is 11.6. The Labute approximate surface area is 313 Å². The highest BCUT2D eigenvalue weighted by Gasteiger charge is 2.49. The summed E-state index contributed by atoms with van der Waals surface area (Å²) >= 11 is 0. The second-order valence-electron chi connectivity index (χ2n) is 19.5. The highest BCUT2D eigenvalue weighted by atomic mass is 15.2. The molecule has 2 aliphatic carbocycles. The Hall–Kier alpha value is -4.24. The lowest BCUT2D eigenvalue weighted by molar-refractivity contribution is 0.413. The highest BCUT2D eigenvalue weighted by molar-refractivity contribution is 7.00. The molecule has 0 saturated heterocycles. The molecule has 0 aromatic heterocycles. The van der Waals surface area contributed by atoms with Crippen molar-refractivity contribution in [1.29, 1.82) is 0 Å². The van der Waals surface area contributed by atoms with E-state index in [1.807, 2.05) is 0 Å². The number of hydrogen-bond donors (Lipinski definition) is 0. The van der Waals surface area contributed by atoms with E-state index in [1.165, 1.54) is 98.3 Å². The normalized spacial score (nSPS) is 20.6. The summed E-state index contributed by atoms with van der Waals surface area (Å²) in [6.45, 7) is 21.2. The van der Waals surface area contributed by atoms with Crippen LogP contribution in [-0.2, 0) is 16.2 Å². The zero-order chi connectivity index (χ0) is 36.3. The number of benzene rings is 5. The summed E-state index contributed by atoms with van der Waals surface area (Å²) in [6.07, 6.45) is 5.43. The van der Waals surface area contributed by atoms with Crippen LogP contribution in [0.25, 0.3) is 11.1 Å². The summed E-state index contributed by atoms with van der Waals surface area (Å²) in [5.74, 6) is 1.60. The van der Waals surface area contributed by atoms with Gasteiger partial charge in [-0.3, -0.25) is 0 Å². The molecular weight excluding hydrogens is 627 g/mol. The maximum absolute atomic E-state index is 2.85. The van der Waals surface area contributed by atoms with Crippen LogP contribution in [-0.4, -0.2) is 12.8 Å². The predicted octanol–water partition coefficient (Wildman–Crippen LogP) is 11.2. The lowest BCUT2D eigenvalue weighted by Gasteiger charge is -2.48. The first kappa shape index (κ1) is 33.6. The molecule has 264 valence electrons. The molecule has 9 rings (SSSR count). The van der Waals surface area contributed by atoms with E-state index in [0.717, 1.165) is 11.8 Å². The topological polar surface area (TPSA) is 6.48 Å². The third-order valence-electron chi connectivity index (χ3n) is 13.0. The summed E-state index contributed by atoms with van der Waals surface area (Å²) in [4.78, 5) is 5.46. The minimum Gasteiger partial charge on any atom is -0.339 e. The van der Waals surface area contributed by atoms with Crippen molar-refractivity contribution in [2.75, 3.05) is 9.80 Å². The molecule has 2 nitrogen and oxygen atoms in total. The van der Waals surface area contributed by atoms with E-state index >= 15 is 0 Å². The van der Waals surface area contributed by atoms with Crippen LogP contribution < -0.4 is 26.2 Å². The fourth-order valence-electron chi connectivity index (χ4n) is 10.0. The van der Waals surface area contributed by atoms with Crippen LogP contribution in [0.5, 0.6) is 0 Å². The van der Waals surface area contributed by atoms with Gasteiger partial charge >= 0.3 is 0 Å². The molecule has 5 aromatic carbocycles. The molecule has 2 heterocycles. The van der Waals surface area contributed by atoms with Crippen molar-refractivity contribution in [3.63, 3.8) is 0 Å². The fourth-order valence-corrected chi connectivity index (χ4v) is 10.0. The Morgan fingerprint density at radius 1 is 0.519 bits per heavy atom. The SMILES string of the molecule is CC(C)(C)c1ccc(N2c3ccc(C(C)(C)C)cc3B3c4cc(C(C)(C)C)ccc4N(C4CC5CCC4C5)c4cc(-c5ccccc5)cc2c43)cc1. The monoisotopic (exact) mass is 682 g/mol. The van der Waals surface area contributed by atoms with Gasteiger partial charge in [-0.05, 0) is 128 Å². The Morgan fingerprint density at radius 3 is 1.67 bits per heavy atom. The molecule has 3 unspecified atom stereocenters. The number of fused-ring (bicyclic) bond motifs is 6. The van der Waals surface area contributed by atoms with Gasteiger partial charge in [0.2, 0.25) is 0 Å². The van der Waals surface area contributed by atoms with Gasteiger partial charge in [0.25, 0.3) is 6.71 Å². The Bertz CT molecular complexity index is 2180. The van der Waals surface area contributed by atoms with Crippen LogP contribution >= 0.6 is 0 Å². The highest BCUT2D eigenvalue weighted by Crippen LogP contribution is 2.52. The lowest BCUT2D eigenvalue weighted by atomic mass is 9.33. The Balaban J connectivity index is 1.38. The molecule has 3 heteroatoms. The molecule has 3 atom stereocenters. The Morgan fingerprint density at radius 2 is 1.10 bits per heavy atom. The van der Waals surface area contributed by atoms with Gasteiger partial charge in [0.05, 0.1) is 0 Å². The minimum absolute atomic E-state index is 0.0361. The first-order valence-corrected chi connectivity index (χ1v) is 19.9. The number of rotatable bonds is 3. The zero-order valence-electron chi connectivity index (χ0n) is 32.8. The van der Waals surface area contributed by atoms with E-state index in [-0.39, 0.29) is 23.0 Å². The first-order valence-electron chi connectivity index (χ1n) is 19.9. The van der Waals surface area contributed by atoms with E-state index in [0.29, 0.717) is 6.04 Å². The van der Waals surface area contributed by atoms with Gasteiger partial charge in [-0.25, -0.2) is 0 Å². The molecule has 2 aliphatic heterocycles. The molecule has 0 amide bonds. The van der Waals surface area contributed by atoms with Gasteiger partial charge in [0.15, 0.2) is 0 Å². The van der Waals surface area contributed by atoms with Crippen molar-refractivity contribution in [2.24, 2.45) is 11.8 Å². The fraction of sp³-hybridized carbons (Fsp3) is 0.388. The molecule has 5 aromatic rings. The maximum Gasteiger partial charge on any atom is 0.252 e. The molecular formula is C49H55BN2. The van der Waals surface area contributed by atoms with Gasteiger partial charge in [-0.15, -0.1) is 0 Å². The van der Waals surface area contributed by atoms with Gasteiger partial charge < -0.3 is 9.80 Å². The van der Waals surface area contributed by atoms with E-state index in [1.54, 1.807) is 0 Å². The average molecular weight is 683 g/mol. The van der Waals surface area contributed by atoms with Crippen LogP contribution in [0.1, 0.15) is 105 Å². The van der Waals surface area contributed by atoms with E-state index in [4.69, 9.17) is 0 Å². The van der Waals surface area contributed by atoms with Crippen molar-refractivity contribution in [1.82, 2.24) is 0 Å². The summed E-state index contributed by atoms with van der Waals surface area (Å²) in [5, 5.41) is 0. The summed E-state index contributed by atoms with van der Waals surface area (Å²) in [6, 6.07) is 41.0. The van der Waals surface area contributed by atoms with Crippen molar-refractivity contribution in [2.45, 2.75) is 110 Å². The van der Waals surface area contributed by atoms with Gasteiger partial charge in [0.1, 0.15) is 0 Å². The van der Waals surface area contributed by atoms with Crippen LogP contribution in [0.15, 0.2) is 103 Å². The molecule has 0 spiro atoms. The standard InChI is InChI=1S/C49H55BN2/c1-47(2,3)35-17-21-38(22-18-35)51-41-23-19-36(48(4,5)6)29-39(41)50-40-30-37(49(7,8)9)20-24-42(40)52(43-26-31-15-16-33(43)25-31)45-28-34(27-44(51)46(45)50)32-13-11-10-12-14-32/h10-14,17-24,27-31,33,43H,15-16,25-26H2,1-9H3. The van der Waals surface area contributed by atoms with Crippen LogP contribution in [0.4, 0.5) is 28.4 Å². The first-order chi connectivity index (χ1) is 24.7. The van der Waals surface area contributed by atoms with Crippen molar-refractivity contribution in [3.05, 3.63) is 120 Å². The summed E-state index contributed by atoms with van der Waals surface area (Å²) in [5.41, 5.74) is 18.0. The smallest absolute Gasteiger partial charge is 0.252 e. The predicted molar refractivity (Wildman–Crippen MR) is 225 cm³/mol.